The van der Waals surface area contributed by atoms with Gasteiger partial charge in [-0.05, 0) is 18.2 Å². The summed E-state index contributed by atoms with van der Waals surface area (Å²) in [6.45, 7) is 0. The van der Waals surface area contributed by atoms with E-state index >= 15 is 0 Å². The topological polar surface area (TPSA) is 110 Å². The van der Waals surface area contributed by atoms with E-state index in [1.54, 1.807) is 6.07 Å². The van der Waals surface area contributed by atoms with Crippen LogP contribution >= 0.6 is 0 Å². The molecule has 0 aliphatic rings. The smallest absolute Gasteiger partial charge is 0.335 e. The molecule has 0 atom stereocenters. The standard InChI is InChI=1S/C14H12N4O4/c1-21-12-8(6-15-14(18-12)22-2)11-16-9-4-3-7(13(19)20)5-10(9)17-11/h3-6H,1-2H3,(H,16,17)(H,19,20). The number of ether oxygens (including phenoxy) is 2. The maximum atomic E-state index is 11.0. The molecule has 0 bridgehead atoms. The number of nitrogens with one attached hydrogen (secondary N) is 1. The van der Waals surface area contributed by atoms with Crippen molar-refractivity contribution in [2.24, 2.45) is 0 Å². The van der Waals surface area contributed by atoms with Gasteiger partial charge in [0.15, 0.2) is 0 Å². The summed E-state index contributed by atoms with van der Waals surface area (Å²) in [4.78, 5) is 26.6. The van der Waals surface area contributed by atoms with Crippen LogP contribution in [0.15, 0.2) is 24.4 Å². The molecule has 0 saturated heterocycles. The van der Waals surface area contributed by atoms with Crippen LogP contribution in [0.3, 0.4) is 0 Å². The van der Waals surface area contributed by atoms with Crippen molar-refractivity contribution in [3.8, 4) is 23.3 Å². The molecule has 2 heterocycles. The molecule has 1 aromatic carbocycles. The first-order valence-electron chi connectivity index (χ1n) is 6.31. The van der Waals surface area contributed by atoms with Crippen molar-refractivity contribution in [3.05, 3.63) is 30.0 Å². The normalized spacial score (nSPS) is 10.6. The number of hydrogen-bond donors (Lipinski definition) is 2. The van der Waals surface area contributed by atoms with Crippen LogP contribution < -0.4 is 9.47 Å². The van der Waals surface area contributed by atoms with Crippen LogP contribution in [0, 0.1) is 0 Å². The maximum absolute atomic E-state index is 11.0. The third kappa shape index (κ3) is 2.30. The molecule has 8 heteroatoms. The highest BCUT2D eigenvalue weighted by Gasteiger charge is 2.15. The first-order valence-corrected chi connectivity index (χ1v) is 6.31. The molecule has 0 spiro atoms. The van der Waals surface area contributed by atoms with Crippen molar-refractivity contribution >= 4 is 17.0 Å². The number of benzene rings is 1. The molecule has 0 fully saturated rings. The quantitative estimate of drug-likeness (QED) is 0.755. The zero-order chi connectivity index (χ0) is 15.7. The summed E-state index contributed by atoms with van der Waals surface area (Å²) >= 11 is 0. The Labute approximate surface area is 124 Å². The van der Waals surface area contributed by atoms with Gasteiger partial charge in [0.05, 0.1) is 36.4 Å². The lowest BCUT2D eigenvalue weighted by Crippen LogP contribution is -1.98. The largest absolute Gasteiger partial charge is 0.480 e. The second-order valence-electron chi connectivity index (χ2n) is 4.40. The number of imidazole rings is 1. The maximum Gasteiger partial charge on any atom is 0.335 e. The zero-order valence-corrected chi connectivity index (χ0v) is 11.8. The number of nitrogens with zero attached hydrogens (tertiary/aromatic N) is 3. The van der Waals surface area contributed by atoms with E-state index in [0.29, 0.717) is 28.3 Å². The van der Waals surface area contributed by atoms with Gasteiger partial charge in [-0.1, -0.05) is 0 Å². The highest BCUT2D eigenvalue weighted by atomic mass is 16.5. The molecular formula is C14H12N4O4. The van der Waals surface area contributed by atoms with Gasteiger partial charge >= 0.3 is 12.0 Å². The van der Waals surface area contributed by atoms with Crippen molar-refractivity contribution in [1.29, 1.82) is 0 Å². The van der Waals surface area contributed by atoms with E-state index in [-0.39, 0.29) is 11.6 Å². The SMILES string of the molecule is COc1ncc(-c2nc3ccc(C(=O)O)cc3[nH]2)c(OC)n1. The summed E-state index contributed by atoms with van der Waals surface area (Å²) in [7, 11) is 2.94. The molecule has 0 aliphatic heterocycles. The van der Waals surface area contributed by atoms with Gasteiger partial charge in [0.2, 0.25) is 5.88 Å². The Kier molecular flexibility index (Phi) is 3.34. The van der Waals surface area contributed by atoms with Gasteiger partial charge in [-0.15, -0.1) is 0 Å². The number of fused-ring (bicyclic) bond motifs is 1. The Balaban J connectivity index is 2.12. The minimum atomic E-state index is -0.997. The molecule has 0 saturated carbocycles. The number of carbonyl (C=O) groups is 1. The summed E-state index contributed by atoms with van der Waals surface area (Å²) in [5.41, 5.74) is 1.97. The first kappa shape index (κ1) is 13.8. The van der Waals surface area contributed by atoms with Crippen molar-refractivity contribution < 1.29 is 19.4 Å². The van der Waals surface area contributed by atoms with Crippen molar-refractivity contribution in [2.45, 2.75) is 0 Å². The fourth-order valence-corrected chi connectivity index (χ4v) is 2.04. The van der Waals surface area contributed by atoms with Gasteiger partial charge in [-0.25, -0.2) is 14.8 Å². The average Bonchev–Trinajstić information content (AvgIpc) is 2.96. The average molecular weight is 300 g/mol. The Morgan fingerprint density at radius 2 is 2.05 bits per heavy atom. The number of carboxylic acid groups (broad SMARTS) is 1. The lowest BCUT2D eigenvalue weighted by atomic mass is 10.2. The van der Waals surface area contributed by atoms with Crippen LogP contribution in [0.25, 0.3) is 22.4 Å². The lowest BCUT2D eigenvalue weighted by molar-refractivity contribution is 0.0697. The number of aromatic nitrogens is 4. The predicted octanol–water partition coefficient (Wildman–Crippen LogP) is 1.74. The van der Waals surface area contributed by atoms with E-state index in [9.17, 15) is 4.79 Å². The van der Waals surface area contributed by atoms with Crippen LogP contribution in [0.4, 0.5) is 0 Å². The molecule has 0 radical (unpaired) electrons. The van der Waals surface area contributed by atoms with Crippen molar-refractivity contribution in [2.75, 3.05) is 14.2 Å². The van der Waals surface area contributed by atoms with Crippen molar-refractivity contribution in [3.63, 3.8) is 0 Å². The summed E-state index contributed by atoms with van der Waals surface area (Å²) in [6, 6.07) is 4.84. The molecule has 0 unspecified atom stereocenters. The zero-order valence-electron chi connectivity index (χ0n) is 11.8. The van der Waals surface area contributed by atoms with Crippen LogP contribution in [-0.2, 0) is 0 Å². The summed E-state index contributed by atoms with van der Waals surface area (Å²) in [6.07, 6.45) is 1.53. The molecule has 2 N–H and O–H groups in total. The van der Waals surface area contributed by atoms with Gasteiger partial charge in [0.1, 0.15) is 5.82 Å². The molecular weight excluding hydrogens is 288 g/mol. The Hall–Kier alpha value is -3.16. The van der Waals surface area contributed by atoms with Gasteiger partial charge < -0.3 is 19.6 Å². The highest BCUT2D eigenvalue weighted by molar-refractivity contribution is 5.93. The molecule has 0 aliphatic carbocycles. The van der Waals surface area contributed by atoms with Crippen molar-refractivity contribution in [1.82, 2.24) is 19.9 Å². The van der Waals surface area contributed by atoms with E-state index in [0.717, 1.165) is 0 Å². The van der Waals surface area contributed by atoms with Crippen LogP contribution in [0.5, 0.6) is 11.9 Å². The molecule has 8 nitrogen and oxygen atoms in total. The Morgan fingerprint density at radius 3 is 2.73 bits per heavy atom. The molecule has 3 aromatic rings. The number of carboxylic acids is 1. The second-order valence-corrected chi connectivity index (χ2v) is 4.40. The number of rotatable bonds is 4. The van der Waals surface area contributed by atoms with E-state index in [1.807, 2.05) is 0 Å². The summed E-state index contributed by atoms with van der Waals surface area (Å²) in [5, 5.41) is 9.02. The number of aromatic carboxylic acids is 1. The predicted molar refractivity (Wildman–Crippen MR) is 77.2 cm³/mol. The number of H-pyrrole nitrogens is 1. The number of hydrogen-bond acceptors (Lipinski definition) is 6. The van der Waals surface area contributed by atoms with Gasteiger partial charge in [-0.3, -0.25) is 0 Å². The monoisotopic (exact) mass is 300 g/mol. The molecule has 22 heavy (non-hydrogen) atoms. The lowest BCUT2D eigenvalue weighted by Gasteiger charge is -2.05. The van der Waals surface area contributed by atoms with E-state index in [1.165, 1.54) is 32.5 Å². The number of methoxy groups -OCH3 is 2. The van der Waals surface area contributed by atoms with Crippen LogP contribution in [0.1, 0.15) is 10.4 Å². The van der Waals surface area contributed by atoms with Crippen LogP contribution in [0.2, 0.25) is 0 Å². The molecule has 112 valence electrons. The number of aromatic amines is 1. The van der Waals surface area contributed by atoms with E-state index in [2.05, 4.69) is 19.9 Å². The minimum absolute atomic E-state index is 0.181. The third-order valence-corrected chi connectivity index (χ3v) is 3.09. The van der Waals surface area contributed by atoms with Gasteiger partial charge in [-0.2, -0.15) is 4.98 Å². The molecule has 0 amide bonds. The third-order valence-electron chi connectivity index (χ3n) is 3.09. The van der Waals surface area contributed by atoms with Crippen LogP contribution in [-0.4, -0.2) is 45.2 Å². The molecule has 3 rings (SSSR count). The fourth-order valence-electron chi connectivity index (χ4n) is 2.04. The second kappa shape index (κ2) is 5.32. The fraction of sp³-hybridized carbons (Fsp3) is 0.143. The minimum Gasteiger partial charge on any atom is -0.480 e. The van der Waals surface area contributed by atoms with E-state index in [4.69, 9.17) is 14.6 Å². The molecule has 2 aromatic heterocycles. The first-order chi connectivity index (χ1) is 10.6. The highest BCUT2D eigenvalue weighted by Crippen LogP contribution is 2.28. The Morgan fingerprint density at radius 1 is 1.23 bits per heavy atom. The van der Waals surface area contributed by atoms with Gasteiger partial charge in [0.25, 0.3) is 0 Å². The van der Waals surface area contributed by atoms with E-state index < -0.39 is 5.97 Å². The van der Waals surface area contributed by atoms with Gasteiger partial charge in [0, 0.05) is 6.20 Å². The Bertz CT molecular complexity index is 859. The summed E-state index contributed by atoms with van der Waals surface area (Å²) in [5.74, 6) is -0.204. The summed E-state index contributed by atoms with van der Waals surface area (Å²) < 4.78 is 10.2.